The van der Waals surface area contributed by atoms with Gasteiger partial charge in [0.25, 0.3) is 0 Å². The van der Waals surface area contributed by atoms with Crippen LogP contribution in [0.3, 0.4) is 0 Å². The van der Waals surface area contributed by atoms with Crippen LogP contribution in [0.4, 0.5) is 4.39 Å². The first-order chi connectivity index (χ1) is 9.74. The van der Waals surface area contributed by atoms with Gasteiger partial charge >= 0.3 is 0 Å². The van der Waals surface area contributed by atoms with Crippen molar-refractivity contribution in [1.82, 2.24) is 5.32 Å². The van der Waals surface area contributed by atoms with Crippen LogP contribution in [0.5, 0.6) is 11.5 Å². The first-order valence-corrected chi connectivity index (χ1v) is 7.00. The maximum absolute atomic E-state index is 13.5. The van der Waals surface area contributed by atoms with Crippen LogP contribution in [-0.2, 0) is 0 Å². The zero-order valence-corrected chi connectivity index (χ0v) is 11.9. The highest BCUT2D eigenvalue weighted by atomic mass is 19.1. The van der Waals surface area contributed by atoms with Crippen molar-refractivity contribution in [3.63, 3.8) is 0 Å². The molecule has 0 aromatic heterocycles. The zero-order chi connectivity index (χ0) is 14.4. The number of halogens is 1. The van der Waals surface area contributed by atoms with Crippen LogP contribution in [0.15, 0.2) is 48.5 Å². The Labute approximate surface area is 119 Å². The second-order valence-electron chi connectivity index (χ2n) is 4.62. The molecule has 1 unspecified atom stereocenters. The van der Waals surface area contributed by atoms with E-state index in [4.69, 9.17) is 4.74 Å². The van der Waals surface area contributed by atoms with Gasteiger partial charge in [0.05, 0.1) is 0 Å². The molecule has 2 rings (SSSR count). The van der Waals surface area contributed by atoms with E-state index in [2.05, 4.69) is 19.2 Å². The SMILES string of the molecule is CCNC(CC)c1ccc(Oc2ccccc2F)cc1. The highest BCUT2D eigenvalue weighted by molar-refractivity contribution is 5.34. The molecule has 0 aliphatic carbocycles. The lowest BCUT2D eigenvalue weighted by Gasteiger charge is -2.16. The minimum Gasteiger partial charge on any atom is -0.454 e. The normalized spacial score (nSPS) is 12.2. The van der Waals surface area contributed by atoms with Crippen molar-refractivity contribution < 1.29 is 9.13 Å². The fourth-order valence-corrected chi connectivity index (χ4v) is 2.17. The molecule has 0 bridgehead atoms. The fraction of sp³-hybridized carbons (Fsp3) is 0.294. The summed E-state index contributed by atoms with van der Waals surface area (Å²) in [5.41, 5.74) is 1.22. The number of hydrogen-bond donors (Lipinski definition) is 1. The van der Waals surface area contributed by atoms with Crippen LogP contribution in [-0.4, -0.2) is 6.54 Å². The van der Waals surface area contributed by atoms with Crippen LogP contribution in [0.25, 0.3) is 0 Å². The lowest BCUT2D eigenvalue weighted by atomic mass is 10.0. The average Bonchev–Trinajstić information content (AvgIpc) is 2.48. The average molecular weight is 273 g/mol. The molecule has 2 nitrogen and oxygen atoms in total. The number of rotatable bonds is 6. The number of para-hydroxylation sites is 1. The topological polar surface area (TPSA) is 21.3 Å². The molecule has 0 spiro atoms. The van der Waals surface area contributed by atoms with Gasteiger partial charge in [-0.25, -0.2) is 4.39 Å². The van der Waals surface area contributed by atoms with Crippen LogP contribution >= 0.6 is 0 Å². The van der Waals surface area contributed by atoms with E-state index in [1.54, 1.807) is 18.2 Å². The molecule has 3 heteroatoms. The molecule has 0 saturated carbocycles. The first kappa shape index (κ1) is 14.5. The van der Waals surface area contributed by atoms with Crippen molar-refractivity contribution in [1.29, 1.82) is 0 Å². The van der Waals surface area contributed by atoms with Crippen LogP contribution in [0, 0.1) is 5.82 Å². The van der Waals surface area contributed by atoms with Gasteiger partial charge < -0.3 is 10.1 Å². The Kier molecular flexibility index (Phi) is 5.13. The summed E-state index contributed by atoms with van der Waals surface area (Å²) in [6.07, 6.45) is 1.03. The minimum absolute atomic E-state index is 0.249. The van der Waals surface area contributed by atoms with Crippen molar-refractivity contribution >= 4 is 0 Å². The summed E-state index contributed by atoms with van der Waals surface area (Å²) in [5, 5.41) is 3.43. The van der Waals surface area contributed by atoms with Crippen LogP contribution in [0.2, 0.25) is 0 Å². The van der Waals surface area contributed by atoms with Gasteiger partial charge in [-0.05, 0) is 42.8 Å². The molecule has 1 atom stereocenters. The van der Waals surface area contributed by atoms with Gasteiger partial charge in [-0.2, -0.15) is 0 Å². The van der Waals surface area contributed by atoms with Gasteiger partial charge in [0.1, 0.15) is 5.75 Å². The molecule has 0 aliphatic rings. The van der Waals surface area contributed by atoms with Crippen molar-refractivity contribution in [2.45, 2.75) is 26.3 Å². The molecule has 2 aromatic carbocycles. The minimum atomic E-state index is -0.351. The number of benzene rings is 2. The van der Waals surface area contributed by atoms with Gasteiger partial charge in [-0.15, -0.1) is 0 Å². The number of hydrogen-bond acceptors (Lipinski definition) is 2. The van der Waals surface area contributed by atoms with Gasteiger partial charge in [0.2, 0.25) is 0 Å². The maximum Gasteiger partial charge on any atom is 0.165 e. The first-order valence-electron chi connectivity index (χ1n) is 7.00. The molecule has 1 N–H and O–H groups in total. The molecule has 0 radical (unpaired) electrons. The predicted molar refractivity (Wildman–Crippen MR) is 79.6 cm³/mol. The predicted octanol–water partition coefficient (Wildman–Crippen LogP) is 4.68. The second kappa shape index (κ2) is 7.06. The third-order valence-electron chi connectivity index (χ3n) is 3.21. The Hall–Kier alpha value is -1.87. The highest BCUT2D eigenvalue weighted by Crippen LogP contribution is 2.26. The molecule has 0 heterocycles. The summed E-state index contributed by atoms with van der Waals surface area (Å²) < 4.78 is 19.0. The van der Waals surface area contributed by atoms with E-state index in [-0.39, 0.29) is 11.6 Å². The van der Waals surface area contributed by atoms with Gasteiger partial charge in [0.15, 0.2) is 11.6 Å². The molecule has 2 aromatic rings. The van der Waals surface area contributed by atoms with Crippen molar-refractivity contribution in [2.24, 2.45) is 0 Å². The van der Waals surface area contributed by atoms with E-state index in [0.29, 0.717) is 11.8 Å². The summed E-state index contributed by atoms with van der Waals surface area (Å²) in [6.45, 7) is 5.18. The molecular weight excluding hydrogens is 253 g/mol. The Morgan fingerprint density at radius 3 is 2.35 bits per heavy atom. The van der Waals surface area contributed by atoms with Crippen LogP contribution in [0.1, 0.15) is 31.9 Å². The summed E-state index contributed by atoms with van der Waals surface area (Å²) in [4.78, 5) is 0. The van der Waals surface area contributed by atoms with Gasteiger partial charge in [-0.3, -0.25) is 0 Å². The highest BCUT2D eigenvalue weighted by Gasteiger charge is 2.08. The van der Waals surface area contributed by atoms with E-state index < -0.39 is 0 Å². The van der Waals surface area contributed by atoms with Crippen molar-refractivity contribution in [2.75, 3.05) is 6.54 Å². The monoisotopic (exact) mass is 273 g/mol. The zero-order valence-electron chi connectivity index (χ0n) is 11.9. The maximum atomic E-state index is 13.5. The van der Waals surface area contributed by atoms with E-state index in [0.717, 1.165) is 13.0 Å². The molecule has 106 valence electrons. The summed E-state index contributed by atoms with van der Waals surface area (Å²) in [7, 11) is 0. The van der Waals surface area contributed by atoms with E-state index >= 15 is 0 Å². The lowest BCUT2D eigenvalue weighted by Crippen LogP contribution is -2.19. The van der Waals surface area contributed by atoms with Crippen molar-refractivity contribution in [3.8, 4) is 11.5 Å². The summed E-state index contributed by atoms with van der Waals surface area (Å²) >= 11 is 0. The third kappa shape index (κ3) is 3.58. The standard InChI is InChI=1S/C17H20FNO/c1-3-16(19-4-2)13-9-11-14(12-10-13)20-17-8-6-5-7-15(17)18/h5-12,16,19H,3-4H2,1-2H3. The summed E-state index contributed by atoms with van der Waals surface area (Å²) in [5.74, 6) is 0.542. The number of ether oxygens (including phenoxy) is 1. The van der Waals surface area contributed by atoms with Crippen molar-refractivity contribution in [3.05, 3.63) is 59.9 Å². The Bertz CT molecular complexity index is 539. The second-order valence-corrected chi connectivity index (χ2v) is 4.62. The lowest BCUT2D eigenvalue weighted by molar-refractivity contribution is 0.441. The Morgan fingerprint density at radius 1 is 1.05 bits per heavy atom. The summed E-state index contributed by atoms with van der Waals surface area (Å²) in [6, 6.07) is 14.6. The van der Waals surface area contributed by atoms with Gasteiger partial charge in [0, 0.05) is 6.04 Å². The fourth-order valence-electron chi connectivity index (χ4n) is 2.17. The molecule has 20 heavy (non-hydrogen) atoms. The van der Waals surface area contributed by atoms with E-state index in [9.17, 15) is 4.39 Å². The van der Waals surface area contributed by atoms with E-state index in [1.165, 1.54) is 11.6 Å². The molecule has 0 saturated heterocycles. The Balaban J connectivity index is 2.10. The number of nitrogens with one attached hydrogen (secondary N) is 1. The smallest absolute Gasteiger partial charge is 0.165 e. The Morgan fingerprint density at radius 2 is 1.75 bits per heavy atom. The molecule has 0 aliphatic heterocycles. The largest absolute Gasteiger partial charge is 0.454 e. The van der Waals surface area contributed by atoms with E-state index in [1.807, 2.05) is 24.3 Å². The third-order valence-corrected chi connectivity index (χ3v) is 3.21. The molecule has 0 fully saturated rings. The quantitative estimate of drug-likeness (QED) is 0.825. The molecule has 0 amide bonds. The molecular formula is C17H20FNO. The van der Waals surface area contributed by atoms with Gasteiger partial charge in [-0.1, -0.05) is 38.1 Å². The van der Waals surface area contributed by atoms with Crippen LogP contribution < -0.4 is 10.1 Å².